The Morgan fingerprint density at radius 3 is 2.91 bits per heavy atom. The fourth-order valence-corrected chi connectivity index (χ4v) is 2.44. The zero-order valence-electron chi connectivity index (χ0n) is 12.6. The van der Waals surface area contributed by atoms with Crippen LogP contribution in [0.25, 0.3) is 11.2 Å². The van der Waals surface area contributed by atoms with E-state index in [1.807, 2.05) is 0 Å². The number of rotatable bonds is 5. The van der Waals surface area contributed by atoms with Gasteiger partial charge in [-0.15, -0.1) is 0 Å². The summed E-state index contributed by atoms with van der Waals surface area (Å²) in [4.78, 5) is 12.7. The topological polar surface area (TPSA) is 103 Å². The molecular formula is C14H20N4O4. The molecule has 3 atom stereocenters. The lowest BCUT2D eigenvalue weighted by atomic mass is 10.2. The Bertz CT molecular complexity index is 645. The number of imidazole rings is 1. The fourth-order valence-electron chi connectivity index (χ4n) is 2.44. The largest absolute Gasteiger partial charge is 0.476 e. The molecule has 8 nitrogen and oxygen atoms in total. The second-order valence-electron chi connectivity index (χ2n) is 5.82. The molecule has 0 bridgehead atoms. The van der Waals surface area contributed by atoms with Crippen molar-refractivity contribution in [1.82, 2.24) is 19.5 Å². The van der Waals surface area contributed by atoms with Crippen LogP contribution < -0.4 is 4.74 Å². The third-order valence-corrected chi connectivity index (χ3v) is 3.57. The van der Waals surface area contributed by atoms with Gasteiger partial charge < -0.3 is 19.7 Å². The molecule has 0 spiro atoms. The first-order valence-electron chi connectivity index (χ1n) is 7.35. The first-order chi connectivity index (χ1) is 10.6. The zero-order chi connectivity index (χ0) is 15.7. The highest BCUT2D eigenvalue weighted by Crippen LogP contribution is 2.31. The highest BCUT2D eigenvalue weighted by atomic mass is 16.5. The summed E-state index contributed by atoms with van der Waals surface area (Å²) in [5.74, 6) is 0.820. The van der Waals surface area contributed by atoms with Crippen molar-refractivity contribution < 1.29 is 19.7 Å². The minimum absolute atomic E-state index is 0.220. The molecule has 0 saturated carbocycles. The van der Waals surface area contributed by atoms with Gasteiger partial charge in [0, 0.05) is 6.42 Å². The van der Waals surface area contributed by atoms with E-state index in [9.17, 15) is 10.2 Å². The predicted molar refractivity (Wildman–Crippen MR) is 77.3 cm³/mol. The maximum atomic E-state index is 9.85. The number of hydrogen-bond donors (Lipinski definition) is 2. The quantitative estimate of drug-likeness (QED) is 0.829. The number of nitrogens with zero attached hydrogens (tertiary/aromatic N) is 4. The lowest BCUT2D eigenvalue weighted by Gasteiger charge is -2.13. The average molecular weight is 308 g/mol. The maximum absolute atomic E-state index is 9.85. The van der Waals surface area contributed by atoms with Crippen LogP contribution in [0.3, 0.4) is 0 Å². The molecule has 3 rings (SSSR count). The highest BCUT2D eigenvalue weighted by Gasteiger charge is 2.35. The lowest BCUT2D eigenvalue weighted by molar-refractivity contribution is -0.0432. The molecule has 0 aliphatic carbocycles. The first kappa shape index (κ1) is 15.1. The molecule has 120 valence electrons. The van der Waals surface area contributed by atoms with Gasteiger partial charge in [0.15, 0.2) is 11.2 Å². The summed E-state index contributed by atoms with van der Waals surface area (Å²) in [7, 11) is 0. The Morgan fingerprint density at radius 1 is 1.41 bits per heavy atom. The van der Waals surface area contributed by atoms with Crippen LogP contribution >= 0.6 is 0 Å². The first-order valence-corrected chi connectivity index (χ1v) is 7.35. The summed E-state index contributed by atoms with van der Waals surface area (Å²) >= 11 is 0. The van der Waals surface area contributed by atoms with Crippen molar-refractivity contribution in [3.8, 4) is 5.88 Å². The Labute approximate surface area is 127 Å². The third-order valence-electron chi connectivity index (χ3n) is 3.57. The van der Waals surface area contributed by atoms with Gasteiger partial charge in [-0.25, -0.2) is 9.97 Å². The van der Waals surface area contributed by atoms with Crippen LogP contribution in [0.15, 0.2) is 12.7 Å². The second-order valence-corrected chi connectivity index (χ2v) is 5.82. The molecule has 1 aliphatic rings. The van der Waals surface area contributed by atoms with Crippen molar-refractivity contribution in [1.29, 1.82) is 0 Å². The molecule has 0 unspecified atom stereocenters. The molecule has 1 fully saturated rings. The van der Waals surface area contributed by atoms with E-state index < -0.39 is 18.4 Å². The van der Waals surface area contributed by atoms with Gasteiger partial charge in [0.1, 0.15) is 18.7 Å². The normalized spacial score (nSPS) is 25.2. The van der Waals surface area contributed by atoms with Gasteiger partial charge in [-0.2, -0.15) is 4.98 Å². The van der Waals surface area contributed by atoms with Crippen LogP contribution in [-0.2, 0) is 4.74 Å². The minimum atomic E-state index is -0.703. The van der Waals surface area contributed by atoms with E-state index >= 15 is 0 Å². The number of aromatic nitrogens is 4. The van der Waals surface area contributed by atoms with E-state index in [2.05, 4.69) is 28.8 Å². The smallest absolute Gasteiger partial charge is 0.245 e. The van der Waals surface area contributed by atoms with Crippen LogP contribution in [-0.4, -0.2) is 55.2 Å². The van der Waals surface area contributed by atoms with E-state index in [1.165, 1.54) is 6.33 Å². The standard InChI is InChI=1S/C14H20N4O4/c1-8(2)5-21-14-12-13(15-6-16-14)18(7-17-12)11-3-9(20)10(4-19)22-11/h6-11,19-20H,3-5H2,1-2H3/t9-,10+,11+/m0/s1. The summed E-state index contributed by atoms with van der Waals surface area (Å²) in [6.45, 7) is 4.44. The van der Waals surface area contributed by atoms with Crippen molar-refractivity contribution in [2.45, 2.75) is 38.7 Å². The molecule has 1 saturated heterocycles. The van der Waals surface area contributed by atoms with Crippen LogP contribution in [0.1, 0.15) is 26.5 Å². The lowest BCUT2D eigenvalue weighted by Crippen LogP contribution is -2.24. The monoisotopic (exact) mass is 308 g/mol. The molecule has 8 heteroatoms. The van der Waals surface area contributed by atoms with Crippen LogP contribution in [0.4, 0.5) is 0 Å². The number of fused-ring (bicyclic) bond motifs is 1. The number of aliphatic hydroxyl groups excluding tert-OH is 2. The van der Waals surface area contributed by atoms with Gasteiger partial charge in [0.2, 0.25) is 5.88 Å². The van der Waals surface area contributed by atoms with E-state index in [0.717, 1.165) is 0 Å². The Morgan fingerprint density at radius 2 is 2.23 bits per heavy atom. The summed E-state index contributed by atoms with van der Waals surface area (Å²) in [5, 5.41) is 19.0. The fraction of sp³-hybridized carbons (Fsp3) is 0.643. The molecule has 2 aromatic rings. The van der Waals surface area contributed by atoms with E-state index in [4.69, 9.17) is 9.47 Å². The minimum Gasteiger partial charge on any atom is -0.476 e. The number of ether oxygens (including phenoxy) is 2. The van der Waals surface area contributed by atoms with E-state index in [1.54, 1.807) is 10.9 Å². The summed E-state index contributed by atoms with van der Waals surface area (Å²) < 4.78 is 13.0. The van der Waals surface area contributed by atoms with Gasteiger partial charge in [0.05, 0.1) is 25.6 Å². The molecule has 22 heavy (non-hydrogen) atoms. The summed E-state index contributed by atoms with van der Waals surface area (Å²) in [5.41, 5.74) is 1.15. The molecule has 0 amide bonds. The third kappa shape index (κ3) is 2.77. The van der Waals surface area contributed by atoms with E-state index in [0.29, 0.717) is 36.0 Å². The van der Waals surface area contributed by atoms with Gasteiger partial charge in [-0.05, 0) is 5.92 Å². The summed E-state index contributed by atoms with van der Waals surface area (Å²) in [6, 6.07) is 0. The molecule has 1 aliphatic heterocycles. The van der Waals surface area contributed by atoms with Crippen LogP contribution in [0.5, 0.6) is 5.88 Å². The molecule has 3 heterocycles. The Hall–Kier alpha value is -1.77. The van der Waals surface area contributed by atoms with Crippen molar-refractivity contribution in [3.05, 3.63) is 12.7 Å². The average Bonchev–Trinajstić information content (AvgIpc) is 3.08. The predicted octanol–water partition coefficient (Wildman–Crippen LogP) is 0.502. The van der Waals surface area contributed by atoms with E-state index in [-0.39, 0.29) is 6.61 Å². The van der Waals surface area contributed by atoms with Gasteiger partial charge >= 0.3 is 0 Å². The molecule has 2 aromatic heterocycles. The zero-order valence-corrected chi connectivity index (χ0v) is 12.6. The molecular weight excluding hydrogens is 288 g/mol. The van der Waals surface area contributed by atoms with Gasteiger partial charge in [0.25, 0.3) is 0 Å². The summed E-state index contributed by atoms with van der Waals surface area (Å²) in [6.07, 6.45) is 1.70. The van der Waals surface area contributed by atoms with Gasteiger partial charge in [-0.3, -0.25) is 4.57 Å². The SMILES string of the molecule is CC(C)COc1ncnc2c1ncn2[C@H]1C[C@H](O)[C@@H](CO)O1. The van der Waals surface area contributed by atoms with Crippen LogP contribution in [0.2, 0.25) is 0 Å². The second kappa shape index (κ2) is 6.15. The van der Waals surface area contributed by atoms with Crippen molar-refractivity contribution >= 4 is 11.2 Å². The maximum Gasteiger partial charge on any atom is 0.245 e. The Balaban J connectivity index is 1.88. The van der Waals surface area contributed by atoms with Crippen molar-refractivity contribution in [2.24, 2.45) is 5.92 Å². The number of hydrogen-bond acceptors (Lipinski definition) is 7. The van der Waals surface area contributed by atoms with Crippen LogP contribution in [0, 0.1) is 5.92 Å². The Kier molecular flexibility index (Phi) is 4.23. The van der Waals surface area contributed by atoms with Gasteiger partial charge in [-0.1, -0.05) is 13.8 Å². The van der Waals surface area contributed by atoms with Crippen molar-refractivity contribution in [2.75, 3.05) is 13.2 Å². The highest BCUT2D eigenvalue weighted by molar-refractivity contribution is 5.76. The molecule has 2 N–H and O–H groups in total. The van der Waals surface area contributed by atoms with Crippen molar-refractivity contribution in [3.63, 3.8) is 0 Å². The molecule has 0 aromatic carbocycles. The molecule has 0 radical (unpaired) electrons. The number of aliphatic hydroxyl groups is 2.